The number of nitro groups is 1. The van der Waals surface area contributed by atoms with E-state index in [1.54, 1.807) is 36.4 Å². The highest BCUT2D eigenvalue weighted by atomic mass is 35.5. The summed E-state index contributed by atoms with van der Waals surface area (Å²) < 4.78 is 5.63. The number of nitro benzene ring substituents is 1. The Balaban J connectivity index is 1.61. The lowest BCUT2D eigenvalue weighted by Crippen LogP contribution is -2.20. The van der Waals surface area contributed by atoms with Gasteiger partial charge in [0.25, 0.3) is 5.69 Å². The summed E-state index contributed by atoms with van der Waals surface area (Å²) >= 11 is 5.96. The van der Waals surface area contributed by atoms with Gasteiger partial charge in [0.15, 0.2) is 0 Å². The molecule has 1 amide bonds. The normalized spacial score (nSPS) is 10.9. The molecule has 0 unspecified atom stereocenters. The zero-order valence-corrected chi connectivity index (χ0v) is 14.7. The molecule has 0 fully saturated rings. The Morgan fingerprint density at radius 3 is 2.78 bits per heavy atom. The maximum atomic E-state index is 11.9. The lowest BCUT2D eigenvalue weighted by atomic mass is 10.1. The van der Waals surface area contributed by atoms with Crippen LogP contribution < -0.4 is 5.43 Å². The van der Waals surface area contributed by atoms with Crippen molar-refractivity contribution in [2.75, 3.05) is 0 Å². The lowest BCUT2D eigenvalue weighted by molar-refractivity contribution is -0.385. The second-order valence-corrected chi connectivity index (χ2v) is 6.00. The van der Waals surface area contributed by atoms with Gasteiger partial charge in [-0.2, -0.15) is 5.10 Å². The van der Waals surface area contributed by atoms with Crippen LogP contribution in [0, 0.1) is 10.1 Å². The fourth-order valence-corrected chi connectivity index (χ4v) is 2.63. The number of furan rings is 1. The van der Waals surface area contributed by atoms with Crippen molar-refractivity contribution in [3.05, 3.63) is 87.1 Å². The minimum atomic E-state index is -0.522. The molecule has 136 valence electrons. The maximum absolute atomic E-state index is 11.9. The third kappa shape index (κ3) is 4.80. The predicted octanol–water partition coefficient (Wildman–Crippen LogP) is 4.20. The van der Waals surface area contributed by atoms with Crippen LogP contribution in [0.2, 0.25) is 5.02 Å². The number of hydrogen-bond donors (Lipinski definition) is 1. The molecule has 0 aliphatic carbocycles. The number of carbonyl (C=O) groups excluding carboxylic acids is 1. The molecule has 8 heteroatoms. The van der Waals surface area contributed by atoms with Gasteiger partial charge in [-0.05, 0) is 24.3 Å². The zero-order chi connectivity index (χ0) is 19.2. The van der Waals surface area contributed by atoms with Crippen LogP contribution in [0.4, 0.5) is 5.69 Å². The molecule has 0 saturated heterocycles. The van der Waals surface area contributed by atoms with Gasteiger partial charge in [-0.3, -0.25) is 14.9 Å². The first-order chi connectivity index (χ1) is 13.0. The van der Waals surface area contributed by atoms with Crippen molar-refractivity contribution >= 4 is 29.4 Å². The minimum Gasteiger partial charge on any atom is -0.455 e. The summed E-state index contributed by atoms with van der Waals surface area (Å²) in [4.78, 5) is 22.4. The first-order valence-corrected chi connectivity index (χ1v) is 8.31. The highest BCUT2D eigenvalue weighted by Gasteiger charge is 2.15. The molecule has 0 atom stereocenters. The first-order valence-electron chi connectivity index (χ1n) is 7.93. The van der Waals surface area contributed by atoms with Gasteiger partial charge in [-0.25, -0.2) is 5.43 Å². The van der Waals surface area contributed by atoms with Gasteiger partial charge >= 0.3 is 0 Å². The number of para-hydroxylation sites is 1. The molecule has 3 rings (SSSR count). The molecule has 1 N–H and O–H groups in total. The second-order valence-electron chi connectivity index (χ2n) is 5.57. The number of amides is 1. The number of halogens is 1. The third-order valence-electron chi connectivity index (χ3n) is 3.66. The van der Waals surface area contributed by atoms with Crippen LogP contribution in [0.1, 0.15) is 11.3 Å². The summed E-state index contributed by atoms with van der Waals surface area (Å²) in [5.74, 6) is 0.586. The van der Waals surface area contributed by atoms with E-state index in [-0.39, 0.29) is 12.1 Å². The van der Waals surface area contributed by atoms with E-state index in [0.29, 0.717) is 22.1 Å². The largest absolute Gasteiger partial charge is 0.455 e. The van der Waals surface area contributed by atoms with E-state index >= 15 is 0 Å². The number of hydrogen-bond acceptors (Lipinski definition) is 5. The Bertz CT molecular complexity index is 1010. The van der Waals surface area contributed by atoms with Crippen molar-refractivity contribution in [3.63, 3.8) is 0 Å². The van der Waals surface area contributed by atoms with Crippen molar-refractivity contribution in [1.29, 1.82) is 0 Å². The lowest BCUT2D eigenvalue weighted by Gasteiger charge is -2.01. The molecule has 27 heavy (non-hydrogen) atoms. The van der Waals surface area contributed by atoms with E-state index in [1.807, 2.05) is 12.1 Å². The Morgan fingerprint density at radius 2 is 2.00 bits per heavy atom. The van der Waals surface area contributed by atoms with Gasteiger partial charge in [-0.1, -0.05) is 41.9 Å². The summed E-state index contributed by atoms with van der Waals surface area (Å²) in [6.45, 7) is 0. The number of nitrogens with zero attached hydrogens (tertiary/aromatic N) is 2. The van der Waals surface area contributed by atoms with Crippen LogP contribution in [0.5, 0.6) is 0 Å². The van der Waals surface area contributed by atoms with Gasteiger partial charge in [0.05, 0.1) is 17.6 Å². The van der Waals surface area contributed by atoms with E-state index < -0.39 is 10.8 Å². The van der Waals surface area contributed by atoms with Crippen molar-refractivity contribution < 1.29 is 14.1 Å². The van der Waals surface area contributed by atoms with Gasteiger partial charge in [-0.15, -0.1) is 0 Å². The maximum Gasteiger partial charge on any atom is 0.273 e. The van der Waals surface area contributed by atoms with Crippen molar-refractivity contribution in [3.8, 4) is 11.3 Å². The number of rotatable bonds is 6. The number of nitrogens with one attached hydrogen (secondary N) is 1. The zero-order valence-electron chi connectivity index (χ0n) is 14.0. The molecule has 0 bridgehead atoms. The Morgan fingerprint density at radius 1 is 1.19 bits per heavy atom. The van der Waals surface area contributed by atoms with E-state index in [4.69, 9.17) is 16.0 Å². The van der Waals surface area contributed by atoms with Crippen LogP contribution in [0.25, 0.3) is 11.3 Å². The molecule has 3 aromatic rings. The molecule has 7 nitrogen and oxygen atoms in total. The molecule has 2 aromatic carbocycles. The van der Waals surface area contributed by atoms with E-state index in [0.717, 1.165) is 5.56 Å². The van der Waals surface area contributed by atoms with Crippen molar-refractivity contribution in [1.82, 2.24) is 5.43 Å². The fourth-order valence-electron chi connectivity index (χ4n) is 2.44. The van der Waals surface area contributed by atoms with Crippen LogP contribution >= 0.6 is 11.6 Å². The summed E-state index contributed by atoms with van der Waals surface area (Å²) in [5.41, 5.74) is 3.37. The summed E-state index contributed by atoms with van der Waals surface area (Å²) in [7, 11) is 0. The molecule has 1 aromatic heterocycles. The summed E-state index contributed by atoms with van der Waals surface area (Å²) in [6, 6.07) is 16.8. The molecule has 0 saturated carbocycles. The number of carbonyl (C=O) groups is 1. The van der Waals surface area contributed by atoms with E-state index in [2.05, 4.69) is 10.5 Å². The van der Waals surface area contributed by atoms with Crippen LogP contribution in [0.3, 0.4) is 0 Å². The second kappa shape index (κ2) is 8.29. The first kappa shape index (κ1) is 18.3. The van der Waals surface area contributed by atoms with Gasteiger partial charge in [0, 0.05) is 22.2 Å². The third-order valence-corrected chi connectivity index (χ3v) is 3.89. The Labute approximate surface area is 159 Å². The van der Waals surface area contributed by atoms with Gasteiger partial charge < -0.3 is 4.42 Å². The van der Waals surface area contributed by atoms with Crippen LogP contribution in [-0.4, -0.2) is 17.0 Å². The van der Waals surface area contributed by atoms with E-state index in [1.165, 1.54) is 18.3 Å². The highest BCUT2D eigenvalue weighted by molar-refractivity contribution is 6.30. The quantitative estimate of drug-likeness (QED) is 0.391. The van der Waals surface area contributed by atoms with E-state index in [9.17, 15) is 14.9 Å². The average molecular weight is 384 g/mol. The summed E-state index contributed by atoms with van der Waals surface area (Å²) in [5, 5.41) is 15.4. The Kier molecular flexibility index (Phi) is 5.63. The number of benzene rings is 2. The van der Waals surface area contributed by atoms with Crippen LogP contribution in [0.15, 0.2) is 70.2 Å². The molecule has 0 spiro atoms. The standard InChI is InChI=1S/C19H14ClN3O4/c20-15-6-3-5-14(10-15)18-9-8-16(27-18)12-21-22-19(24)11-13-4-1-2-7-17(13)23(25)26/h1-10,12H,11H2,(H,22,24). The van der Waals surface area contributed by atoms with Gasteiger partial charge in [0.2, 0.25) is 5.91 Å². The highest BCUT2D eigenvalue weighted by Crippen LogP contribution is 2.24. The summed E-state index contributed by atoms with van der Waals surface area (Å²) in [6.07, 6.45) is 1.20. The minimum absolute atomic E-state index is 0.103. The molecular formula is C19H14ClN3O4. The SMILES string of the molecule is O=C(Cc1ccccc1[N+](=O)[O-])NN=Cc1ccc(-c2cccc(Cl)c2)o1. The fraction of sp³-hybridized carbons (Fsp3) is 0.0526. The monoisotopic (exact) mass is 383 g/mol. The van der Waals surface area contributed by atoms with Crippen molar-refractivity contribution in [2.45, 2.75) is 6.42 Å². The van der Waals surface area contributed by atoms with Gasteiger partial charge in [0.1, 0.15) is 11.5 Å². The smallest absolute Gasteiger partial charge is 0.273 e. The average Bonchev–Trinajstić information content (AvgIpc) is 3.11. The molecular weight excluding hydrogens is 370 g/mol. The molecule has 0 radical (unpaired) electrons. The predicted molar refractivity (Wildman–Crippen MR) is 102 cm³/mol. The molecule has 0 aliphatic rings. The van der Waals surface area contributed by atoms with Crippen molar-refractivity contribution in [2.24, 2.45) is 5.10 Å². The molecule has 0 aliphatic heterocycles. The van der Waals surface area contributed by atoms with Crippen LogP contribution in [-0.2, 0) is 11.2 Å². The molecule has 1 heterocycles. The topological polar surface area (TPSA) is 97.7 Å². The number of hydrazone groups is 1. The Hall–Kier alpha value is -3.45.